The van der Waals surface area contributed by atoms with E-state index in [1.165, 1.54) is 16.7 Å². The number of anilines is 1. The van der Waals surface area contributed by atoms with E-state index < -0.39 is 0 Å². The summed E-state index contributed by atoms with van der Waals surface area (Å²) in [4.78, 5) is 34.0. The Morgan fingerprint density at radius 1 is 0.793 bits per heavy atom. The van der Waals surface area contributed by atoms with Gasteiger partial charge in [-0.25, -0.2) is 0 Å². The largest absolute Gasteiger partial charge is 0.333 e. The van der Waals surface area contributed by atoms with Crippen molar-refractivity contribution in [2.45, 2.75) is 19.4 Å². The molecule has 0 fully saturated rings. The lowest BCUT2D eigenvalue weighted by molar-refractivity contribution is 0.0728. The van der Waals surface area contributed by atoms with Crippen molar-refractivity contribution in [3.8, 4) is 0 Å². The molecule has 0 saturated carbocycles. The van der Waals surface area contributed by atoms with Gasteiger partial charge in [0.1, 0.15) is 5.69 Å². The Hall–Kier alpha value is -3.47. The Bertz CT molecular complexity index is 1110. The van der Waals surface area contributed by atoms with Gasteiger partial charge in [-0.05, 0) is 47.7 Å². The lowest BCUT2D eigenvalue weighted by Crippen LogP contribution is -2.36. The van der Waals surface area contributed by atoms with Crippen LogP contribution in [0, 0.1) is 0 Å². The second-order valence-corrected chi connectivity index (χ2v) is 7.51. The van der Waals surface area contributed by atoms with Crippen molar-refractivity contribution in [3.05, 3.63) is 94.8 Å². The Morgan fingerprint density at radius 3 is 2.38 bits per heavy atom. The van der Waals surface area contributed by atoms with Gasteiger partial charge in [-0.3, -0.25) is 14.6 Å². The van der Waals surface area contributed by atoms with Gasteiger partial charge in [0.15, 0.2) is 0 Å². The molecule has 144 valence electrons. The number of hydrogen-bond donors (Lipinski definition) is 0. The van der Waals surface area contributed by atoms with Crippen LogP contribution in [0.3, 0.4) is 0 Å². The average Bonchev–Trinajstić information content (AvgIpc) is 3.22. The molecule has 0 unspecified atom stereocenters. The number of aromatic nitrogens is 1. The third kappa shape index (κ3) is 3.18. The van der Waals surface area contributed by atoms with Crippen LogP contribution in [0.4, 0.5) is 5.69 Å². The van der Waals surface area contributed by atoms with Crippen molar-refractivity contribution < 1.29 is 9.59 Å². The van der Waals surface area contributed by atoms with Crippen LogP contribution < -0.4 is 4.90 Å². The minimum atomic E-state index is -0.129. The van der Waals surface area contributed by atoms with Crippen LogP contribution >= 0.6 is 0 Å². The Kier molecular flexibility index (Phi) is 4.35. The lowest BCUT2D eigenvalue weighted by Gasteiger charge is -2.28. The van der Waals surface area contributed by atoms with Crippen molar-refractivity contribution in [3.63, 3.8) is 0 Å². The van der Waals surface area contributed by atoms with Gasteiger partial charge in [-0.15, -0.1) is 0 Å². The van der Waals surface area contributed by atoms with Crippen molar-refractivity contribution in [2.24, 2.45) is 0 Å². The summed E-state index contributed by atoms with van der Waals surface area (Å²) in [6, 6.07) is 19.5. The number of para-hydroxylation sites is 1. The van der Waals surface area contributed by atoms with Crippen molar-refractivity contribution in [1.82, 2.24) is 9.88 Å². The zero-order chi connectivity index (χ0) is 19.8. The molecule has 0 radical (unpaired) electrons. The van der Waals surface area contributed by atoms with E-state index in [9.17, 15) is 9.59 Å². The fraction of sp³-hybridized carbons (Fsp3) is 0.208. The number of nitrogens with zero attached hydrogens (tertiary/aromatic N) is 3. The number of hydrogen-bond acceptors (Lipinski definition) is 3. The first-order valence-corrected chi connectivity index (χ1v) is 9.92. The van der Waals surface area contributed by atoms with Gasteiger partial charge >= 0.3 is 0 Å². The third-order valence-corrected chi connectivity index (χ3v) is 5.78. The summed E-state index contributed by atoms with van der Waals surface area (Å²) in [6.07, 6.45) is 3.25. The summed E-state index contributed by atoms with van der Waals surface area (Å²) >= 11 is 0. The molecule has 5 heteroatoms. The Morgan fingerprint density at radius 2 is 1.52 bits per heavy atom. The summed E-state index contributed by atoms with van der Waals surface area (Å²) < 4.78 is 0. The molecule has 3 heterocycles. The first kappa shape index (κ1) is 17.6. The van der Waals surface area contributed by atoms with Crippen molar-refractivity contribution in [1.29, 1.82) is 0 Å². The summed E-state index contributed by atoms with van der Waals surface area (Å²) in [7, 11) is 0. The summed E-state index contributed by atoms with van der Waals surface area (Å²) in [5.41, 5.74) is 5.42. The second kappa shape index (κ2) is 7.17. The highest BCUT2D eigenvalue weighted by Crippen LogP contribution is 2.29. The molecule has 0 spiro atoms. The van der Waals surface area contributed by atoms with E-state index in [4.69, 9.17) is 0 Å². The molecule has 2 aromatic carbocycles. The van der Waals surface area contributed by atoms with E-state index >= 15 is 0 Å². The lowest BCUT2D eigenvalue weighted by atomic mass is 9.99. The molecule has 0 N–H and O–H groups in total. The molecule has 5 nitrogen and oxygen atoms in total. The van der Waals surface area contributed by atoms with Gasteiger partial charge in [0, 0.05) is 37.1 Å². The third-order valence-electron chi connectivity index (χ3n) is 5.78. The molecule has 0 bridgehead atoms. The maximum atomic E-state index is 13.1. The standard InChI is InChI=1S/C24H21N3O2/c28-23(27-14-11-18-6-3-4-8-22(18)27)19-9-12-25-21(15-19)24(29)26-13-10-17-5-1-2-7-20(17)16-26/h1-9,12,15H,10-11,13-14,16H2. The molecule has 1 aromatic heterocycles. The molecule has 3 aromatic rings. The first-order chi connectivity index (χ1) is 14.2. The van der Waals surface area contributed by atoms with Gasteiger partial charge in [-0.1, -0.05) is 42.5 Å². The van der Waals surface area contributed by atoms with Crippen LogP contribution in [0.5, 0.6) is 0 Å². The van der Waals surface area contributed by atoms with Crippen LogP contribution in [-0.2, 0) is 19.4 Å². The Labute approximate surface area is 169 Å². The monoisotopic (exact) mass is 383 g/mol. The van der Waals surface area contributed by atoms with Crippen LogP contribution in [0.1, 0.15) is 37.5 Å². The Balaban J connectivity index is 1.38. The van der Waals surface area contributed by atoms with Crippen molar-refractivity contribution in [2.75, 3.05) is 18.0 Å². The molecule has 5 rings (SSSR count). The minimum Gasteiger partial charge on any atom is -0.333 e. The van der Waals surface area contributed by atoms with Gasteiger partial charge < -0.3 is 9.80 Å². The highest BCUT2D eigenvalue weighted by molar-refractivity contribution is 6.08. The van der Waals surface area contributed by atoms with Gasteiger partial charge in [-0.2, -0.15) is 0 Å². The fourth-order valence-corrected chi connectivity index (χ4v) is 4.22. The van der Waals surface area contributed by atoms with Crippen molar-refractivity contribution >= 4 is 17.5 Å². The average molecular weight is 383 g/mol. The van der Waals surface area contributed by atoms with Gasteiger partial charge in [0.2, 0.25) is 0 Å². The van der Waals surface area contributed by atoms with Crippen LogP contribution in [0.2, 0.25) is 0 Å². The summed E-state index contributed by atoms with van der Waals surface area (Å²) in [5, 5.41) is 0. The second-order valence-electron chi connectivity index (χ2n) is 7.51. The zero-order valence-electron chi connectivity index (χ0n) is 16.0. The maximum Gasteiger partial charge on any atom is 0.272 e. The maximum absolute atomic E-state index is 13.1. The SMILES string of the molecule is O=C(c1cc(C(=O)N2CCc3ccccc32)ccn1)N1CCc2ccccc2C1. The number of fused-ring (bicyclic) bond motifs is 2. The summed E-state index contributed by atoms with van der Waals surface area (Å²) in [6.45, 7) is 1.90. The predicted octanol–water partition coefficient (Wildman–Crippen LogP) is 3.48. The molecular formula is C24H21N3O2. The molecule has 29 heavy (non-hydrogen) atoms. The van der Waals surface area contributed by atoms with Gasteiger partial charge in [0.05, 0.1) is 0 Å². The number of pyridine rings is 1. The highest BCUT2D eigenvalue weighted by Gasteiger charge is 2.27. The molecule has 2 aliphatic heterocycles. The molecular weight excluding hydrogens is 362 g/mol. The van der Waals surface area contributed by atoms with E-state index in [0.717, 1.165) is 18.5 Å². The quantitative estimate of drug-likeness (QED) is 0.681. The molecule has 2 amide bonds. The van der Waals surface area contributed by atoms with E-state index in [1.807, 2.05) is 35.2 Å². The predicted molar refractivity (Wildman–Crippen MR) is 111 cm³/mol. The number of rotatable bonds is 2. The number of carbonyl (C=O) groups is 2. The van der Waals surface area contributed by atoms with E-state index in [0.29, 0.717) is 30.9 Å². The molecule has 0 aliphatic carbocycles. The molecule has 0 saturated heterocycles. The number of amides is 2. The normalized spacial score (nSPS) is 15.0. The van der Waals surface area contributed by atoms with Crippen LogP contribution in [0.25, 0.3) is 0 Å². The smallest absolute Gasteiger partial charge is 0.272 e. The van der Waals surface area contributed by atoms with Gasteiger partial charge in [0.25, 0.3) is 11.8 Å². The van der Waals surface area contributed by atoms with Crippen LogP contribution in [0.15, 0.2) is 66.9 Å². The fourth-order valence-electron chi connectivity index (χ4n) is 4.22. The zero-order valence-corrected chi connectivity index (χ0v) is 16.0. The van der Waals surface area contributed by atoms with E-state index in [2.05, 4.69) is 23.2 Å². The number of benzene rings is 2. The molecule has 0 atom stereocenters. The first-order valence-electron chi connectivity index (χ1n) is 9.92. The summed E-state index contributed by atoms with van der Waals surface area (Å²) in [5.74, 6) is -0.216. The van der Waals surface area contributed by atoms with E-state index in [-0.39, 0.29) is 11.8 Å². The topological polar surface area (TPSA) is 53.5 Å². The van der Waals surface area contributed by atoms with Crippen LogP contribution in [-0.4, -0.2) is 34.8 Å². The van der Waals surface area contributed by atoms with E-state index in [1.54, 1.807) is 23.2 Å². The highest BCUT2D eigenvalue weighted by atomic mass is 16.2. The molecule has 2 aliphatic rings. The number of carbonyl (C=O) groups excluding carboxylic acids is 2. The minimum absolute atomic E-state index is 0.0876.